The summed E-state index contributed by atoms with van der Waals surface area (Å²) in [6.45, 7) is 4.70. The van der Waals surface area contributed by atoms with Crippen molar-refractivity contribution in [2.75, 3.05) is 37.3 Å². The van der Waals surface area contributed by atoms with E-state index in [1.165, 1.54) is 11.9 Å². The van der Waals surface area contributed by atoms with Gasteiger partial charge >= 0.3 is 6.18 Å². The molecular weight excluding hydrogens is 285 g/mol. The highest BCUT2D eigenvalue weighted by atomic mass is 19.4. The number of nitrogens with zero attached hydrogens (tertiary/aromatic N) is 3. The molecule has 1 rings (SSSR count). The molecule has 0 atom stereocenters. The van der Waals surface area contributed by atoms with Crippen molar-refractivity contribution >= 4 is 17.5 Å². The molecule has 0 aliphatic rings. The van der Waals surface area contributed by atoms with Gasteiger partial charge in [0.25, 0.3) is 0 Å². The maximum atomic E-state index is 12.7. The van der Waals surface area contributed by atoms with Crippen LogP contribution in [0.1, 0.15) is 19.4 Å². The van der Waals surface area contributed by atoms with Crippen LogP contribution in [-0.4, -0.2) is 42.5 Å². The molecule has 1 amide bonds. The van der Waals surface area contributed by atoms with Crippen molar-refractivity contribution in [3.8, 4) is 0 Å². The number of rotatable bonds is 5. The lowest BCUT2D eigenvalue weighted by atomic mass is 10.2. The third kappa shape index (κ3) is 4.51. The predicted molar refractivity (Wildman–Crippen MR) is 74.8 cm³/mol. The molecule has 1 aromatic rings. The summed E-state index contributed by atoms with van der Waals surface area (Å²) in [4.78, 5) is 18.7. The quantitative estimate of drug-likeness (QED) is 0.903. The van der Waals surface area contributed by atoms with Crippen LogP contribution < -0.4 is 10.6 Å². The number of amides is 1. The van der Waals surface area contributed by atoms with Crippen molar-refractivity contribution in [3.63, 3.8) is 0 Å². The average molecular weight is 304 g/mol. The molecule has 2 N–H and O–H groups in total. The van der Waals surface area contributed by atoms with Gasteiger partial charge in [-0.05, 0) is 26.0 Å². The number of carbonyl (C=O) groups is 1. The zero-order valence-corrected chi connectivity index (χ0v) is 12.2. The fourth-order valence-corrected chi connectivity index (χ4v) is 1.86. The van der Waals surface area contributed by atoms with Gasteiger partial charge in [0.1, 0.15) is 11.6 Å². The normalized spacial score (nSPS) is 11.3. The molecule has 0 saturated heterocycles. The van der Waals surface area contributed by atoms with Crippen LogP contribution in [0, 0.1) is 0 Å². The minimum absolute atomic E-state index is 0.0165. The molecule has 0 fully saturated rings. The standard InChI is InChI=1S/C13H19F3N4O/c1-4-20(5-2)12(21)8-19(3)11-7-9(13(14,15)16)6-10(17)18-11/h6-7H,4-5,8H2,1-3H3,(H2,17,18). The molecule has 0 radical (unpaired) electrons. The van der Waals surface area contributed by atoms with Gasteiger partial charge in [0.15, 0.2) is 0 Å². The van der Waals surface area contributed by atoms with Gasteiger partial charge in [0.2, 0.25) is 5.91 Å². The number of nitrogen functional groups attached to an aromatic ring is 1. The number of alkyl halides is 3. The van der Waals surface area contributed by atoms with E-state index in [0.29, 0.717) is 13.1 Å². The number of anilines is 2. The highest BCUT2D eigenvalue weighted by Gasteiger charge is 2.32. The Hall–Kier alpha value is -1.99. The molecule has 0 spiro atoms. The predicted octanol–water partition coefficient (Wildman–Crippen LogP) is 1.99. The Labute approximate surface area is 121 Å². The Balaban J connectivity index is 2.95. The van der Waals surface area contributed by atoms with Gasteiger partial charge in [0, 0.05) is 20.1 Å². The summed E-state index contributed by atoms with van der Waals surface area (Å²) in [5.41, 5.74) is 4.52. The van der Waals surface area contributed by atoms with Crippen LogP contribution in [0.4, 0.5) is 24.8 Å². The number of pyridine rings is 1. The Morgan fingerprint density at radius 2 is 1.86 bits per heavy atom. The lowest BCUT2D eigenvalue weighted by Crippen LogP contribution is -2.39. The second-order valence-electron chi connectivity index (χ2n) is 4.56. The van der Waals surface area contributed by atoms with Crippen LogP contribution in [0.15, 0.2) is 12.1 Å². The molecule has 5 nitrogen and oxygen atoms in total. The van der Waals surface area contributed by atoms with Crippen molar-refractivity contribution in [1.29, 1.82) is 0 Å². The molecule has 0 unspecified atom stereocenters. The van der Waals surface area contributed by atoms with Crippen LogP contribution in [0.25, 0.3) is 0 Å². The second kappa shape index (κ2) is 6.64. The topological polar surface area (TPSA) is 62.5 Å². The SMILES string of the molecule is CCN(CC)C(=O)CN(C)c1cc(C(F)(F)F)cc(N)n1. The minimum atomic E-state index is -4.50. The van der Waals surface area contributed by atoms with E-state index in [1.807, 2.05) is 13.8 Å². The summed E-state index contributed by atoms with van der Waals surface area (Å²) < 4.78 is 38.2. The smallest absolute Gasteiger partial charge is 0.384 e. The van der Waals surface area contributed by atoms with Crippen LogP contribution in [0.5, 0.6) is 0 Å². The van der Waals surface area contributed by atoms with Gasteiger partial charge in [0.05, 0.1) is 12.1 Å². The van der Waals surface area contributed by atoms with Crippen molar-refractivity contribution in [3.05, 3.63) is 17.7 Å². The van der Waals surface area contributed by atoms with E-state index >= 15 is 0 Å². The van der Waals surface area contributed by atoms with Gasteiger partial charge in [-0.15, -0.1) is 0 Å². The van der Waals surface area contributed by atoms with Crippen LogP contribution >= 0.6 is 0 Å². The van der Waals surface area contributed by atoms with E-state index < -0.39 is 11.7 Å². The number of likely N-dealkylation sites (N-methyl/N-ethyl adjacent to an activating group) is 2. The van der Waals surface area contributed by atoms with Crippen LogP contribution in [-0.2, 0) is 11.0 Å². The maximum absolute atomic E-state index is 12.7. The monoisotopic (exact) mass is 304 g/mol. The van der Waals surface area contributed by atoms with Crippen molar-refractivity contribution < 1.29 is 18.0 Å². The number of hydrogen-bond acceptors (Lipinski definition) is 4. The number of hydrogen-bond donors (Lipinski definition) is 1. The van der Waals surface area contributed by atoms with Gasteiger partial charge < -0.3 is 15.5 Å². The highest BCUT2D eigenvalue weighted by molar-refractivity contribution is 5.81. The Morgan fingerprint density at radius 3 is 2.33 bits per heavy atom. The third-order valence-electron chi connectivity index (χ3n) is 3.04. The first-order valence-corrected chi connectivity index (χ1v) is 6.52. The molecule has 0 aromatic carbocycles. The molecule has 0 aliphatic carbocycles. The third-order valence-corrected chi connectivity index (χ3v) is 3.04. The fourth-order valence-electron chi connectivity index (χ4n) is 1.86. The highest BCUT2D eigenvalue weighted by Crippen LogP contribution is 2.32. The molecule has 1 aromatic heterocycles. The first-order valence-electron chi connectivity index (χ1n) is 6.52. The van der Waals surface area contributed by atoms with Gasteiger partial charge in [-0.2, -0.15) is 13.2 Å². The molecule has 118 valence electrons. The molecule has 8 heteroatoms. The maximum Gasteiger partial charge on any atom is 0.416 e. The van der Waals surface area contributed by atoms with Crippen molar-refractivity contribution in [2.24, 2.45) is 0 Å². The molecular formula is C13H19F3N4O. The van der Waals surface area contributed by atoms with E-state index in [4.69, 9.17) is 5.73 Å². The zero-order chi connectivity index (χ0) is 16.2. The molecule has 21 heavy (non-hydrogen) atoms. The van der Waals surface area contributed by atoms with E-state index in [2.05, 4.69) is 4.98 Å². The molecule has 1 heterocycles. The summed E-state index contributed by atoms with van der Waals surface area (Å²) in [7, 11) is 1.50. The van der Waals surface area contributed by atoms with Crippen LogP contribution in [0.2, 0.25) is 0 Å². The first-order chi connectivity index (χ1) is 9.68. The van der Waals surface area contributed by atoms with Gasteiger partial charge in [-0.3, -0.25) is 4.79 Å². The van der Waals surface area contributed by atoms with E-state index in [0.717, 1.165) is 12.1 Å². The molecule has 0 bridgehead atoms. The number of carbonyl (C=O) groups excluding carboxylic acids is 1. The summed E-state index contributed by atoms with van der Waals surface area (Å²) >= 11 is 0. The van der Waals surface area contributed by atoms with Gasteiger partial charge in [-0.1, -0.05) is 0 Å². The Kier molecular flexibility index (Phi) is 5.40. The van der Waals surface area contributed by atoms with Crippen molar-refractivity contribution in [1.82, 2.24) is 9.88 Å². The average Bonchev–Trinajstić information content (AvgIpc) is 2.38. The number of halogens is 3. The molecule has 0 aliphatic heterocycles. The Morgan fingerprint density at radius 1 is 1.29 bits per heavy atom. The second-order valence-corrected chi connectivity index (χ2v) is 4.56. The van der Waals surface area contributed by atoms with Crippen LogP contribution in [0.3, 0.4) is 0 Å². The number of nitrogens with two attached hydrogens (primary N) is 1. The largest absolute Gasteiger partial charge is 0.416 e. The lowest BCUT2D eigenvalue weighted by Gasteiger charge is -2.24. The Bertz CT molecular complexity index is 501. The summed E-state index contributed by atoms with van der Waals surface area (Å²) in [6, 6.07) is 1.65. The fraction of sp³-hybridized carbons (Fsp3) is 0.538. The minimum Gasteiger partial charge on any atom is -0.384 e. The first kappa shape index (κ1) is 17.1. The zero-order valence-electron chi connectivity index (χ0n) is 12.2. The summed E-state index contributed by atoms with van der Waals surface area (Å²) in [6.07, 6.45) is -4.50. The van der Waals surface area contributed by atoms with E-state index in [-0.39, 0.29) is 24.1 Å². The van der Waals surface area contributed by atoms with E-state index in [1.54, 1.807) is 4.90 Å². The van der Waals surface area contributed by atoms with Gasteiger partial charge in [-0.25, -0.2) is 4.98 Å². The summed E-state index contributed by atoms with van der Waals surface area (Å²) in [5, 5.41) is 0. The molecule has 0 saturated carbocycles. The van der Waals surface area contributed by atoms with Crippen molar-refractivity contribution in [2.45, 2.75) is 20.0 Å². The summed E-state index contributed by atoms with van der Waals surface area (Å²) in [5.74, 6) is -0.398. The lowest BCUT2D eigenvalue weighted by molar-refractivity contribution is -0.137. The number of aromatic nitrogens is 1. The van der Waals surface area contributed by atoms with E-state index in [9.17, 15) is 18.0 Å².